The molecule has 0 aliphatic heterocycles. The molecule has 0 amide bonds. The van der Waals surface area contributed by atoms with Gasteiger partial charge in [-0.15, -0.1) is 0 Å². The molecular formula is C9H7NO5S. The van der Waals surface area contributed by atoms with E-state index in [1.807, 2.05) is 0 Å². The normalized spacial score (nSPS) is 17.9. The first-order chi connectivity index (χ1) is 7.45. The number of rotatable bonds is 3. The third-order valence-corrected chi connectivity index (χ3v) is 3.89. The smallest absolute Gasteiger partial charge is 0.324 e. The maximum Gasteiger partial charge on any atom is 0.324 e. The van der Waals surface area contributed by atoms with E-state index >= 15 is 0 Å². The molecule has 1 aliphatic rings. The van der Waals surface area contributed by atoms with Crippen LogP contribution in [0.3, 0.4) is 0 Å². The summed E-state index contributed by atoms with van der Waals surface area (Å²) in [5.41, 5.74) is -1.23. The van der Waals surface area contributed by atoms with Gasteiger partial charge in [-0.2, -0.15) is 0 Å². The van der Waals surface area contributed by atoms with Gasteiger partial charge in [-0.3, -0.25) is 19.7 Å². The summed E-state index contributed by atoms with van der Waals surface area (Å²) in [5, 5.41) is 19.5. The van der Waals surface area contributed by atoms with Crippen LogP contribution < -0.4 is 0 Å². The molecule has 1 aliphatic carbocycles. The first-order valence-corrected chi connectivity index (χ1v) is 5.27. The second kappa shape index (κ2) is 3.38. The Morgan fingerprint density at radius 2 is 2.12 bits per heavy atom. The molecule has 16 heavy (non-hydrogen) atoms. The number of carboxylic acid groups (broad SMARTS) is 1. The number of nitrogens with zero attached hydrogens (tertiary/aromatic N) is 1. The maximum atomic E-state index is 11.1. The van der Waals surface area contributed by atoms with Gasteiger partial charge < -0.3 is 5.11 Å². The fourth-order valence-corrected chi connectivity index (χ4v) is 2.73. The molecule has 1 aromatic heterocycles. The highest BCUT2D eigenvalue weighted by molar-refractivity contribution is 7.15. The van der Waals surface area contributed by atoms with Gasteiger partial charge in [0, 0.05) is 23.8 Å². The molecule has 0 radical (unpaired) electrons. The van der Waals surface area contributed by atoms with Gasteiger partial charge in [0.1, 0.15) is 11.2 Å². The fourth-order valence-electron chi connectivity index (χ4n) is 1.74. The standard InChI is InChI=1S/C9H7NO5S/c11-5-3-9(4-5,8(12)13)6-1-2-7(16-6)10(14)15/h1-2H,3-4H2,(H,12,13). The van der Waals surface area contributed by atoms with Crippen molar-refractivity contribution < 1.29 is 19.6 Å². The first-order valence-electron chi connectivity index (χ1n) is 4.45. The van der Waals surface area contributed by atoms with E-state index in [2.05, 4.69) is 0 Å². The van der Waals surface area contributed by atoms with Crippen molar-refractivity contribution in [3.63, 3.8) is 0 Å². The number of Topliss-reactive ketones (excluding diaryl/α,β-unsaturated/α-hetero) is 1. The minimum Gasteiger partial charge on any atom is -0.481 e. The van der Waals surface area contributed by atoms with Crippen LogP contribution in [0.1, 0.15) is 17.7 Å². The lowest BCUT2D eigenvalue weighted by Crippen LogP contribution is -2.47. The van der Waals surface area contributed by atoms with Crippen LogP contribution in [0.25, 0.3) is 0 Å². The number of nitro groups is 1. The fraction of sp³-hybridized carbons (Fsp3) is 0.333. The van der Waals surface area contributed by atoms with Gasteiger partial charge >= 0.3 is 11.0 Å². The lowest BCUT2D eigenvalue weighted by atomic mass is 9.67. The van der Waals surface area contributed by atoms with Crippen LogP contribution in [-0.2, 0) is 15.0 Å². The second-order valence-corrected chi connectivity index (χ2v) is 4.74. The summed E-state index contributed by atoms with van der Waals surface area (Å²) >= 11 is 0.822. The van der Waals surface area contributed by atoms with Gasteiger partial charge in [-0.1, -0.05) is 11.3 Å². The molecule has 6 nitrogen and oxygen atoms in total. The van der Waals surface area contributed by atoms with Gasteiger partial charge in [0.05, 0.1) is 4.92 Å². The first kappa shape index (κ1) is 10.7. The lowest BCUT2D eigenvalue weighted by Gasteiger charge is -2.34. The molecule has 0 unspecified atom stereocenters. The van der Waals surface area contributed by atoms with Crippen LogP contribution in [0.5, 0.6) is 0 Å². The number of hydrogen-bond donors (Lipinski definition) is 1. The Labute approximate surface area is 93.7 Å². The predicted molar refractivity (Wildman–Crippen MR) is 54.5 cm³/mol. The Kier molecular flexibility index (Phi) is 2.27. The number of carbonyl (C=O) groups excluding carboxylic acids is 1. The van der Waals surface area contributed by atoms with Crippen LogP contribution in [0, 0.1) is 10.1 Å². The van der Waals surface area contributed by atoms with E-state index in [0.717, 1.165) is 11.3 Å². The van der Waals surface area contributed by atoms with E-state index in [1.54, 1.807) is 0 Å². The molecule has 7 heteroatoms. The number of carboxylic acids is 1. The molecule has 0 bridgehead atoms. The van der Waals surface area contributed by atoms with E-state index in [-0.39, 0.29) is 23.6 Å². The quantitative estimate of drug-likeness (QED) is 0.636. The number of ketones is 1. The van der Waals surface area contributed by atoms with E-state index in [9.17, 15) is 19.7 Å². The zero-order chi connectivity index (χ0) is 11.9. The zero-order valence-electron chi connectivity index (χ0n) is 8.00. The average Bonchev–Trinajstić information content (AvgIpc) is 2.60. The summed E-state index contributed by atoms with van der Waals surface area (Å²) < 4.78 is 0. The number of hydrogen-bond acceptors (Lipinski definition) is 5. The molecule has 84 valence electrons. The van der Waals surface area contributed by atoms with Crippen LogP contribution in [0.15, 0.2) is 12.1 Å². The molecule has 1 N–H and O–H groups in total. The predicted octanol–water partition coefficient (Wildman–Crippen LogP) is 1.34. The third kappa shape index (κ3) is 1.40. The number of aliphatic carboxylic acids is 1. The van der Waals surface area contributed by atoms with E-state index < -0.39 is 16.3 Å². The molecular weight excluding hydrogens is 234 g/mol. The van der Waals surface area contributed by atoms with Crippen LogP contribution in [0.2, 0.25) is 0 Å². The minimum absolute atomic E-state index is 0.0694. The minimum atomic E-state index is -1.23. The van der Waals surface area contributed by atoms with Crippen LogP contribution >= 0.6 is 11.3 Å². The zero-order valence-corrected chi connectivity index (χ0v) is 8.82. The Bertz CT molecular complexity index is 484. The summed E-state index contributed by atoms with van der Waals surface area (Å²) in [7, 11) is 0. The van der Waals surface area contributed by atoms with Crippen molar-refractivity contribution in [1.82, 2.24) is 0 Å². The van der Waals surface area contributed by atoms with Gasteiger partial charge in [0.15, 0.2) is 0 Å². The summed E-state index contributed by atoms with van der Waals surface area (Å²) in [5.74, 6) is -1.22. The molecule has 0 aromatic carbocycles. The molecule has 0 spiro atoms. The van der Waals surface area contributed by atoms with Gasteiger partial charge in [0.25, 0.3) is 0 Å². The average molecular weight is 241 g/mol. The van der Waals surface area contributed by atoms with Crippen molar-refractivity contribution in [2.24, 2.45) is 0 Å². The van der Waals surface area contributed by atoms with Crippen molar-refractivity contribution in [3.05, 3.63) is 27.1 Å². The van der Waals surface area contributed by atoms with Crippen LogP contribution in [-0.4, -0.2) is 21.8 Å². The SMILES string of the molecule is O=C1CC(C(=O)O)(c2ccc([N+](=O)[O-])s2)C1. The van der Waals surface area contributed by atoms with Crippen LogP contribution in [0.4, 0.5) is 5.00 Å². The second-order valence-electron chi connectivity index (χ2n) is 3.67. The third-order valence-electron chi connectivity index (χ3n) is 2.65. The largest absolute Gasteiger partial charge is 0.481 e. The Hall–Kier alpha value is -1.76. The van der Waals surface area contributed by atoms with Crippen molar-refractivity contribution in [1.29, 1.82) is 0 Å². The molecule has 1 aromatic rings. The van der Waals surface area contributed by atoms with E-state index in [4.69, 9.17) is 5.11 Å². The van der Waals surface area contributed by atoms with E-state index in [1.165, 1.54) is 12.1 Å². The highest BCUT2D eigenvalue weighted by Gasteiger charge is 2.52. The van der Waals surface area contributed by atoms with Gasteiger partial charge in [-0.25, -0.2) is 0 Å². The summed E-state index contributed by atoms with van der Waals surface area (Å²) in [6.07, 6.45) is -0.139. The monoisotopic (exact) mass is 241 g/mol. The highest BCUT2D eigenvalue weighted by atomic mass is 32.1. The maximum absolute atomic E-state index is 11.1. The molecule has 0 saturated heterocycles. The topological polar surface area (TPSA) is 97.5 Å². The van der Waals surface area contributed by atoms with Crippen molar-refractivity contribution in [2.75, 3.05) is 0 Å². The summed E-state index contributed by atoms with van der Waals surface area (Å²) in [6, 6.07) is 2.69. The molecule has 1 saturated carbocycles. The van der Waals surface area contributed by atoms with Crippen molar-refractivity contribution in [2.45, 2.75) is 18.3 Å². The Balaban J connectivity index is 2.37. The summed E-state index contributed by atoms with van der Waals surface area (Å²) in [4.78, 5) is 32.4. The molecule has 1 fully saturated rings. The van der Waals surface area contributed by atoms with E-state index in [0.29, 0.717) is 4.88 Å². The summed E-state index contributed by atoms with van der Waals surface area (Å²) in [6.45, 7) is 0. The Morgan fingerprint density at radius 3 is 2.50 bits per heavy atom. The number of thiophene rings is 1. The van der Waals surface area contributed by atoms with Gasteiger partial charge in [-0.05, 0) is 6.07 Å². The molecule has 2 rings (SSSR count). The lowest BCUT2D eigenvalue weighted by molar-refractivity contribution is -0.380. The highest BCUT2D eigenvalue weighted by Crippen LogP contribution is 2.45. The van der Waals surface area contributed by atoms with Crippen molar-refractivity contribution in [3.8, 4) is 0 Å². The molecule has 1 heterocycles. The Morgan fingerprint density at radius 1 is 1.50 bits per heavy atom. The molecule has 0 atom stereocenters. The van der Waals surface area contributed by atoms with Gasteiger partial charge in [0.2, 0.25) is 0 Å². The number of carbonyl (C=O) groups is 2. The van der Waals surface area contributed by atoms with Crippen molar-refractivity contribution >= 4 is 28.1 Å².